The number of aliphatic carboxylic acids is 1. The number of carboxylic acids is 1. The number of nitrogens with one attached hydrogen (secondary N) is 2. The number of likely N-dealkylation sites (N-methyl/N-ethyl adjacent to an activating group) is 1. The normalized spacial score (nSPS) is 20.8. The molecular formula is C14H27N3O4. The van der Waals surface area contributed by atoms with Crippen LogP contribution in [0.4, 0.5) is 4.79 Å². The van der Waals surface area contributed by atoms with E-state index < -0.39 is 5.97 Å². The fourth-order valence-corrected chi connectivity index (χ4v) is 2.42. The molecule has 7 heteroatoms. The fourth-order valence-electron chi connectivity index (χ4n) is 2.42. The van der Waals surface area contributed by atoms with E-state index in [0.717, 1.165) is 26.1 Å². The fraction of sp³-hybridized carbons (Fsp3) is 0.857. The quantitative estimate of drug-likeness (QED) is 0.612. The Morgan fingerprint density at radius 2 is 2.19 bits per heavy atom. The summed E-state index contributed by atoms with van der Waals surface area (Å²) in [4.78, 5) is 24.8. The molecule has 0 aliphatic carbocycles. The molecular weight excluding hydrogens is 274 g/mol. The van der Waals surface area contributed by atoms with Crippen molar-refractivity contribution in [2.24, 2.45) is 0 Å². The second-order valence-corrected chi connectivity index (χ2v) is 5.32. The van der Waals surface area contributed by atoms with Crippen molar-refractivity contribution >= 4 is 12.0 Å². The van der Waals surface area contributed by atoms with E-state index in [2.05, 4.69) is 22.5 Å². The Balaban J connectivity index is 2.29. The molecule has 1 fully saturated rings. The lowest BCUT2D eigenvalue weighted by Gasteiger charge is -2.32. The lowest BCUT2D eigenvalue weighted by Crippen LogP contribution is -2.50. The predicted molar refractivity (Wildman–Crippen MR) is 79.3 cm³/mol. The average molecular weight is 301 g/mol. The van der Waals surface area contributed by atoms with Crippen molar-refractivity contribution < 1.29 is 19.4 Å². The number of carbonyl (C=O) groups excluding carboxylic acids is 1. The highest BCUT2D eigenvalue weighted by Crippen LogP contribution is 2.04. The van der Waals surface area contributed by atoms with Crippen LogP contribution in [0.1, 0.15) is 33.1 Å². The van der Waals surface area contributed by atoms with Gasteiger partial charge in [0.25, 0.3) is 0 Å². The highest BCUT2D eigenvalue weighted by Gasteiger charge is 2.20. The van der Waals surface area contributed by atoms with Gasteiger partial charge in [0.05, 0.1) is 19.1 Å². The summed E-state index contributed by atoms with van der Waals surface area (Å²) < 4.78 is 5.60. The molecule has 1 aliphatic heterocycles. The first kappa shape index (κ1) is 17.7. The minimum Gasteiger partial charge on any atom is -0.481 e. The molecule has 21 heavy (non-hydrogen) atoms. The molecule has 0 aromatic rings. The first-order valence-corrected chi connectivity index (χ1v) is 7.65. The zero-order valence-corrected chi connectivity index (χ0v) is 12.9. The summed E-state index contributed by atoms with van der Waals surface area (Å²) in [5.41, 5.74) is 0. The summed E-state index contributed by atoms with van der Waals surface area (Å²) in [5.74, 6) is -0.900. The summed E-state index contributed by atoms with van der Waals surface area (Å²) in [6, 6.07) is -0.654. The van der Waals surface area contributed by atoms with E-state index in [-0.39, 0.29) is 24.6 Å². The second-order valence-electron chi connectivity index (χ2n) is 5.32. The van der Waals surface area contributed by atoms with Gasteiger partial charge in [0.2, 0.25) is 0 Å². The molecule has 122 valence electrons. The molecule has 7 nitrogen and oxygen atoms in total. The summed E-state index contributed by atoms with van der Waals surface area (Å²) >= 11 is 0. The highest BCUT2D eigenvalue weighted by atomic mass is 16.5. The van der Waals surface area contributed by atoms with E-state index in [1.54, 1.807) is 0 Å². The first-order chi connectivity index (χ1) is 10.0. The van der Waals surface area contributed by atoms with Crippen LogP contribution in [0.3, 0.4) is 0 Å². The molecule has 0 saturated carbocycles. The van der Waals surface area contributed by atoms with Crippen molar-refractivity contribution in [1.82, 2.24) is 15.5 Å². The smallest absolute Gasteiger partial charge is 0.315 e. The van der Waals surface area contributed by atoms with Gasteiger partial charge in [-0.25, -0.2) is 4.79 Å². The van der Waals surface area contributed by atoms with Crippen molar-refractivity contribution in [2.45, 2.75) is 45.3 Å². The van der Waals surface area contributed by atoms with Gasteiger partial charge in [0.1, 0.15) is 0 Å². The first-order valence-electron chi connectivity index (χ1n) is 7.65. The van der Waals surface area contributed by atoms with Crippen LogP contribution in [0.25, 0.3) is 0 Å². The van der Waals surface area contributed by atoms with Crippen LogP contribution in [0, 0.1) is 0 Å². The zero-order chi connectivity index (χ0) is 15.7. The van der Waals surface area contributed by atoms with Crippen LogP contribution in [0.15, 0.2) is 0 Å². The minimum atomic E-state index is -0.900. The summed E-state index contributed by atoms with van der Waals surface area (Å²) in [7, 11) is 0. The molecule has 1 heterocycles. The van der Waals surface area contributed by atoms with Gasteiger partial charge in [0.15, 0.2) is 0 Å². The van der Waals surface area contributed by atoms with Crippen molar-refractivity contribution in [1.29, 1.82) is 0 Å². The summed E-state index contributed by atoms with van der Waals surface area (Å²) in [5, 5.41) is 14.3. The third kappa shape index (κ3) is 7.29. The third-order valence-electron chi connectivity index (χ3n) is 3.55. The van der Waals surface area contributed by atoms with Gasteiger partial charge in [-0.1, -0.05) is 20.3 Å². The van der Waals surface area contributed by atoms with E-state index in [9.17, 15) is 9.59 Å². The van der Waals surface area contributed by atoms with Crippen molar-refractivity contribution in [3.05, 3.63) is 0 Å². The number of morpholine rings is 1. The maximum absolute atomic E-state index is 11.8. The van der Waals surface area contributed by atoms with Gasteiger partial charge in [0, 0.05) is 25.7 Å². The second kappa shape index (κ2) is 9.57. The molecule has 0 spiro atoms. The maximum atomic E-state index is 11.8. The maximum Gasteiger partial charge on any atom is 0.315 e. The van der Waals surface area contributed by atoms with Crippen LogP contribution in [0.2, 0.25) is 0 Å². The topological polar surface area (TPSA) is 90.9 Å². The number of nitrogens with zero attached hydrogens (tertiary/aromatic N) is 1. The van der Waals surface area contributed by atoms with E-state index in [1.807, 2.05) is 6.92 Å². The Bertz CT molecular complexity index is 338. The number of carbonyl (C=O) groups is 2. The minimum absolute atomic E-state index is 0.00597. The van der Waals surface area contributed by atoms with Crippen molar-refractivity contribution in [2.75, 3.05) is 32.8 Å². The average Bonchev–Trinajstić information content (AvgIpc) is 2.45. The number of urea groups is 1. The Kier molecular flexibility index (Phi) is 8.07. The molecule has 2 unspecified atom stereocenters. The molecule has 0 aromatic carbocycles. The van der Waals surface area contributed by atoms with Crippen LogP contribution in [0.5, 0.6) is 0 Å². The van der Waals surface area contributed by atoms with Gasteiger partial charge >= 0.3 is 12.0 Å². The van der Waals surface area contributed by atoms with Gasteiger partial charge in [-0.05, 0) is 13.0 Å². The van der Waals surface area contributed by atoms with Gasteiger partial charge in [-0.15, -0.1) is 0 Å². The van der Waals surface area contributed by atoms with Crippen LogP contribution >= 0.6 is 0 Å². The Morgan fingerprint density at radius 1 is 1.43 bits per heavy atom. The Morgan fingerprint density at radius 3 is 2.81 bits per heavy atom. The Labute approximate surface area is 126 Å². The monoisotopic (exact) mass is 301 g/mol. The van der Waals surface area contributed by atoms with Gasteiger partial charge in [-0.2, -0.15) is 0 Å². The predicted octanol–water partition coefficient (Wildman–Crippen LogP) is 0.650. The molecule has 0 aromatic heterocycles. The molecule has 1 saturated heterocycles. The van der Waals surface area contributed by atoms with E-state index in [4.69, 9.17) is 9.84 Å². The van der Waals surface area contributed by atoms with Crippen LogP contribution < -0.4 is 10.6 Å². The van der Waals surface area contributed by atoms with Gasteiger partial charge in [-0.3, -0.25) is 9.69 Å². The lowest BCUT2D eigenvalue weighted by atomic mass is 10.1. The number of carboxylic acid groups (broad SMARTS) is 1. The van der Waals surface area contributed by atoms with Gasteiger partial charge < -0.3 is 20.5 Å². The molecule has 0 radical (unpaired) electrons. The number of hydrogen-bond donors (Lipinski definition) is 3. The third-order valence-corrected chi connectivity index (χ3v) is 3.55. The van der Waals surface area contributed by atoms with E-state index >= 15 is 0 Å². The van der Waals surface area contributed by atoms with Crippen LogP contribution in [-0.4, -0.2) is 66.9 Å². The highest BCUT2D eigenvalue weighted by molar-refractivity contribution is 5.75. The summed E-state index contributed by atoms with van der Waals surface area (Å²) in [6.07, 6.45) is 1.43. The molecule has 1 aliphatic rings. The largest absolute Gasteiger partial charge is 0.481 e. The SMILES string of the molecule is CCCC(CC(=O)O)NC(=O)NCC1CN(CC)CCO1. The number of hydrogen-bond acceptors (Lipinski definition) is 4. The Hall–Kier alpha value is -1.34. The zero-order valence-electron chi connectivity index (χ0n) is 12.9. The molecule has 2 atom stereocenters. The molecule has 2 amide bonds. The van der Waals surface area contributed by atoms with E-state index in [0.29, 0.717) is 19.6 Å². The number of amides is 2. The molecule has 1 rings (SSSR count). The molecule has 0 bridgehead atoms. The number of rotatable bonds is 8. The van der Waals surface area contributed by atoms with E-state index in [1.165, 1.54) is 0 Å². The number of ether oxygens (including phenoxy) is 1. The summed E-state index contributed by atoms with van der Waals surface area (Å²) in [6.45, 7) is 7.89. The van der Waals surface area contributed by atoms with Crippen molar-refractivity contribution in [3.8, 4) is 0 Å². The standard InChI is InChI=1S/C14H27N3O4/c1-3-5-11(8-13(18)19)16-14(20)15-9-12-10-17(4-2)6-7-21-12/h11-12H,3-10H2,1-2H3,(H,18,19)(H2,15,16,20). The lowest BCUT2D eigenvalue weighted by molar-refractivity contribution is -0.137. The molecule has 3 N–H and O–H groups in total. The van der Waals surface area contributed by atoms with Crippen LogP contribution in [-0.2, 0) is 9.53 Å². The van der Waals surface area contributed by atoms with Crippen molar-refractivity contribution in [3.63, 3.8) is 0 Å².